The molecule has 5 heteroatoms. The summed E-state index contributed by atoms with van der Waals surface area (Å²) in [7, 11) is 1.48. The third-order valence-corrected chi connectivity index (χ3v) is 4.38. The van der Waals surface area contributed by atoms with Crippen molar-refractivity contribution in [1.82, 2.24) is 14.9 Å². The molecule has 0 atom stereocenters. The van der Waals surface area contributed by atoms with Crippen LogP contribution in [0.2, 0.25) is 0 Å². The molecule has 0 bridgehead atoms. The van der Waals surface area contributed by atoms with Crippen molar-refractivity contribution in [3.63, 3.8) is 0 Å². The molecular formula is C16H20FN3O. The Kier molecular flexibility index (Phi) is 3.68. The summed E-state index contributed by atoms with van der Waals surface area (Å²) in [6.45, 7) is 4.28. The number of rotatable bonds is 3. The highest BCUT2D eigenvalue weighted by Crippen LogP contribution is 2.34. The van der Waals surface area contributed by atoms with E-state index in [-0.39, 0.29) is 17.0 Å². The van der Waals surface area contributed by atoms with E-state index in [4.69, 9.17) is 4.74 Å². The highest BCUT2D eigenvalue weighted by molar-refractivity contribution is 5.42. The van der Waals surface area contributed by atoms with E-state index in [1.54, 1.807) is 18.5 Å². The van der Waals surface area contributed by atoms with Gasteiger partial charge in [-0.3, -0.25) is 0 Å². The van der Waals surface area contributed by atoms with E-state index < -0.39 is 0 Å². The van der Waals surface area contributed by atoms with E-state index in [0.29, 0.717) is 0 Å². The van der Waals surface area contributed by atoms with E-state index in [1.807, 2.05) is 10.8 Å². The second kappa shape index (κ2) is 5.48. The van der Waals surface area contributed by atoms with Gasteiger partial charge in [0, 0.05) is 23.4 Å². The van der Waals surface area contributed by atoms with E-state index in [1.165, 1.54) is 13.2 Å². The number of halogens is 1. The normalized spacial score (nSPS) is 17.7. The summed E-state index contributed by atoms with van der Waals surface area (Å²) in [4.78, 5) is 4.30. The standard InChI is InChI=1S/C16H20FN3O/c1-16(5-7-18-8-6-16)15-10-19-11-20(15)12-3-4-13(17)14(9-12)21-2/h3-4,9-11,18H,5-8H2,1-2H3. The molecule has 0 spiro atoms. The molecule has 1 aromatic heterocycles. The first-order chi connectivity index (χ1) is 10.1. The molecule has 4 nitrogen and oxygen atoms in total. The molecule has 2 aromatic rings. The number of piperidine rings is 1. The van der Waals surface area contributed by atoms with Gasteiger partial charge in [0.15, 0.2) is 11.6 Å². The molecule has 0 aliphatic carbocycles. The predicted octanol–water partition coefficient (Wildman–Crippen LogP) is 2.66. The lowest BCUT2D eigenvalue weighted by Crippen LogP contribution is -2.38. The van der Waals surface area contributed by atoms with Crippen LogP contribution in [0.1, 0.15) is 25.5 Å². The summed E-state index contributed by atoms with van der Waals surface area (Å²) in [5.41, 5.74) is 2.13. The van der Waals surface area contributed by atoms with E-state index in [9.17, 15) is 4.39 Å². The largest absolute Gasteiger partial charge is 0.494 e. The van der Waals surface area contributed by atoms with Gasteiger partial charge in [-0.15, -0.1) is 0 Å². The van der Waals surface area contributed by atoms with E-state index in [2.05, 4.69) is 17.2 Å². The Morgan fingerprint density at radius 1 is 1.33 bits per heavy atom. The molecule has 1 fully saturated rings. The molecular weight excluding hydrogens is 269 g/mol. The molecule has 0 unspecified atom stereocenters. The van der Waals surface area contributed by atoms with E-state index >= 15 is 0 Å². The first-order valence-electron chi connectivity index (χ1n) is 7.21. The number of hydrogen-bond donors (Lipinski definition) is 1. The maximum absolute atomic E-state index is 13.6. The average molecular weight is 289 g/mol. The Morgan fingerprint density at radius 3 is 2.81 bits per heavy atom. The minimum Gasteiger partial charge on any atom is -0.494 e. The Morgan fingerprint density at radius 2 is 2.10 bits per heavy atom. The average Bonchev–Trinajstić information content (AvgIpc) is 2.99. The fourth-order valence-electron chi connectivity index (χ4n) is 2.98. The van der Waals surface area contributed by atoms with Crippen LogP contribution in [0.4, 0.5) is 4.39 Å². The third kappa shape index (κ3) is 2.53. The predicted molar refractivity (Wildman–Crippen MR) is 79.5 cm³/mol. The summed E-state index contributed by atoms with van der Waals surface area (Å²) in [6, 6.07) is 4.90. The lowest BCUT2D eigenvalue weighted by atomic mass is 9.78. The van der Waals surface area contributed by atoms with Crippen molar-refractivity contribution in [3.05, 3.63) is 42.2 Å². The minimum absolute atomic E-state index is 0.0867. The molecule has 0 saturated carbocycles. The first kappa shape index (κ1) is 14.1. The van der Waals surface area contributed by atoms with Gasteiger partial charge in [0.25, 0.3) is 0 Å². The van der Waals surface area contributed by atoms with Crippen molar-refractivity contribution in [2.24, 2.45) is 0 Å². The van der Waals surface area contributed by atoms with Crippen LogP contribution in [-0.4, -0.2) is 29.8 Å². The van der Waals surface area contributed by atoms with Gasteiger partial charge in [-0.25, -0.2) is 9.37 Å². The van der Waals surface area contributed by atoms with Gasteiger partial charge in [-0.05, 0) is 38.1 Å². The number of nitrogens with one attached hydrogen (secondary N) is 1. The number of hydrogen-bond acceptors (Lipinski definition) is 3. The Hall–Kier alpha value is -1.88. The van der Waals surface area contributed by atoms with Crippen molar-refractivity contribution >= 4 is 0 Å². The van der Waals surface area contributed by atoms with E-state index in [0.717, 1.165) is 37.3 Å². The number of benzene rings is 1. The number of ether oxygens (including phenoxy) is 1. The first-order valence-corrected chi connectivity index (χ1v) is 7.21. The Balaban J connectivity index is 2.02. The summed E-state index contributed by atoms with van der Waals surface area (Å²) >= 11 is 0. The third-order valence-electron chi connectivity index (χ3n) is 4.38. The van der Waals surface area contributed by atoms with Crippen molar-refractivity contribution < 1.29 is 9.13 Å². The van der Waals surface area contributed by atoms with Gasteiger partial charge < -0.3 is 14.6 Å². The van der Waals surface area contributed by atoms with Crippen LogP contribution in [0.15, 0.2) is 30.7 Å². The maximum Gasteiger partial charge on any atom is 0.165 e. The van der Waals surface area contributed by atoms with Gasteiger partial charge in [0.2, 0.25) is 0 Å². The van der Waals surface area contributed by atoms with Crippen LogP contribution in [0.25, 0.3) is 5.69 Å². The number of aromatic nitrogens is 2. The van der Waals surface area contributed by atoms with Crippen molar-refractivity contribution in [2.45, 2.75) is 25.2 Å². The summed E-state index contributed by atoms with van der Waals surface area (Å²) in [6.07, 6.45) is 5.84. The highest BCUT2D eigenvalue weighted by Gasteiger charge is 2.32. The number of methoxy groups -OCH3 is 1. The molecule has 21 heavy (non-hydrogen) atoms. The molecule has 3 rings (SSSR count). The smallest absolute Gasteiger partial charge is 0.165 e. The molecule has 1 saturated heterocycles. The summed E-state index contributed by atoms with van der Waals surface area (Å²) < 4.78 is 20.7. The molecule has 112 valence electrons. The Labute approximate surface area is 124 Å². The molecule has 2 heterocycles. The zero-order valence-electron chi connectivity index (χ0n) is 12.4. The second-order valence-electron chi connectivity index (χ2n) is 5.78. The maximum atomic E-state index is 13.6. The van der Waals surface area contributed by atoms with Crippen molar-refractivity contribution in [1.29, 1.82) is 0 Å². The van der Waals surface area contributed by atoms with Gasteiger partial charge in [0.1, 0.15) is 0 Å². The highest BCUT2D eigenvalue weighted by atomic mass is 19.1. The lowest BCUT2D eigenvalue weighted by molar-refractivity contribution is 0.324. The Bertz CT molecular complexity index is 632. The summed E-state index contributed by atoms with van der Waals surface area (Å²) in [5.74, 6) is -0.0985. The molecule has 0 amide bonds. The fraction of sp³-hybridized carbons (Fsp3) is 0.438. The molecule has 1 N–H and O–H groups in total. The van der Waals surface area contributed by atoms with Crippen molar-refractivity contribution in [2.75, 3.05) is 20.2 Å². The zero-order chi connectivity index (χ0) is 14.9. The SMILES string of the molecule is COc1cc(-n2cncc2C2(C)CCNCC2)ccc1F. The topological polar surface area (TPSA) is 39.1 Å². The van der Waals surface area contributed by atoms with Crippen LogP contribution >= 0.6 is 0 Å². The van der Waals surface area contributed by atoms with Crippen LogP contribution in [0, 0.1) is 5.82 Å². The van der Waals surface area contributed by atoms with Crippen molar-refractivity contribution in [3.8, 4) is 11.4 Å². The monoisotopic (exact) mass is 289 g/mol. The zero-order valence-corrected chi connectivity index (χ0v) is 12.4. The van der Waals surface area contributed by atoms with Crippen LogP contribution in [0.3, 0.4) is 0 Å². The van der Waals surface area contributed by atoms with Gasteiger partial charge in [-0.1, -0.05) is 6.92 Å². The molecule has 0 radical (unpaired) electrons. The van der Waals surface area contributed by atoms with Gasteiger partial charge in [-0.2, -0.15) is 0 Å². The van der Waals surface area contributed by atoms with Gasteiger partial charge >= 0.3 is 0 Å². The minimum atomic E-state index is -0.351. The lowest BCUT2D eigenvalue weighted by Gasteiger charge is -2.34. The van der Waals surface area contributed by atoms with Crippen LogP contribution in [0.5, 0.6) is 5.75 Å². The molecule has 1 aliphatic heterocycles. The summed E-state index contributed by atoms with van der Waals surface area (Å²) in [5, 5.41) is 3.39. The van der Waals surface area contributed by atoms with Crippen LogP contribution in [-0.2, 0) is 5.41 Å². The number of imidazole rings is 1. The fourth-order valence-corrected chi connectivity index (χ4v) is 2.98. The van der Waals surface area contributed by atoms with Gasteiger partial charge in [0.05, 0.1) is 19.1 Å². The number of nitrogens with zero attached hydrogens (tertiary/aromatic N) is 2. The second-order valence-corrected chi connectivity index (χ2v) is 5.78. The van der Waals surface area contributed by atoms with Crippen LogP contribution < -0.4 is 10.1 Å². The molecule has 1 aromatic carbocycles. The molecule has 1 aliphatic rings. The quantitative estimate of drug-likeness (QED) is 0.944.